The molecule has 1 N–H and O–H groups in total. The number of benzene rings is 1. The molecule has 0 saturated heterocycles. The van der Waals surface area contributed by atoms with Crippen LogP contribution in [0.4, 0.5) is 24.5 Å². The van der Waals surface area contributed by atoms with Crippen LogP contribution in [0, 0.1) is 10.1 Å². The largest absolute Gasteiger partial charge is 0.423 e. The van der Waals surface area contributed by atoms with Gasteiger partial charge < -0.3 is 5.32 Å². The number of halogens is 3. The minimum absolute atomic E-state index is 0.170. The molecule has 0 spiro atoms. The Labute approximate surface area is 172 Å². The molecule has 3 rings (SSSR count). The van der Waals surface area contributed by atoms with Crippen molar-refractivity contribution in [2.45, 2.75) is 17.0 Å². The zero-order valence-electron chi connectivity index (χ0n) is 15.1. The second-order valence-electron chi connectivity index (χ2n) is 5.94. The van der Waals surface area contributed by atoms with Gasteiger partial charge in [0.1, 0.15) is 10.6 Å². The van der Waals surface area contributed by atoms with Crippen LogP contribution < -0.4 is 5.32 Å². The van der Waals surface area contributed by atoms with Crippen molar-refractivity contribution in [2.24, 2.45) is 0 Å². The number of pyridine rings is 2. The zero-order chi connectivity index (χ0) is 21.7. The molecule has 0 aliphatic heterocycles. The van der Waals surface area contributed by atoms with Gasteiger partial charge in [-0.25, -0.2) is 4.98 Å². The lowest BCUT2D eigenvalue weighted by atomic mass is 10.1. The zero-order valence-corrected chi connectivity index (χ0v) is 15.9. The van der Waals surface area contributed by atoms with Crippen LogP contribution in [0.3, 0.4) is 0 Å². The number of amides is 1. The van der Waals surface area contributed by atoms with Gasteiger partial charge >= 0.3 is 6.18 Å². The van der Waals surface area contributed by atoms with Crippen molar-refractivity contribution < 1.29 is 22.9 Å². The van der Waals surface area contributed by atoms with Crippen LogP contribution in [0.5, 0.6) is 0 Å². The Hall–Kier alpha value is -3.47. The number of thioether (sulfide) groups is 1. The molecule has 0 atom stereocenters. The van der Waals surface area contributed by atoms with Crippen molar-refractivity contribution in [3.63, 3.8) is 0 Å². The number of nitrogens with zero attached hydrogens (tertiary/aromatic N) is 3. The molecular weight excluding hydrogens is 421 g/mol. The molecule has 3 aromatic rings. The quantitative estimate of drug-likeness (QED) is 0.335. The maximum atomic E-state index is 13.1. The van der Waals surface area contributed by atoms with Gasteiger partial charge in [0, 0.05) is 36.1 Å². The molecule has 0 bridgehead atoms. The molecule has 7 nitrogen and oxygen atoms in total. The Bertz CT molecular complexity index is 1080. The van der Waals surface area contributed by atoms with Gasteiger partial charge in [0.15, 0.2) is 0 Å². The first kappa shape index (κ1) is 21.2. The number of carbonyl (C=O) groups excluding carboxylic acids is 1. The summed E-state index contributed by atoms with van der Waals surface area (Å²) in [6.45, 7) is 0. The van der Waals surface area contributed by atoms with Crippen LogP contribution in [0.1, 0.15) is 21.5 Å². The number of alkyl halides is 3. The minimum atomic E-state index is -4.94. The number of anilines is 1. The highest BCUT2D eigenvalue weighted by Gasteiger charge is 2.38. The van der Waals surface area contributed by atoms with Crippen LogP contribution >= 0.6 is 11.8 Å². The molecule has 1 aromatic carbocycles. The maximum absolute atomic E-state index is 13.1. The molecule has 0 radical (unpaired) electrons. The molecule has 0 aliphatic carbocycles. The summed E-state index contributed by atoms with van der Waals surface area (Å²) in [4.78, 5) is 30.5. The molecule has 0 saturated carbocycles. The normalized spacial score (nSPS) is 11.2. The van der Waals surface area contributed by atoms with E-state index in [0.29, 0.717) is 22.9 Å². The van der Waals surface area contributed by atoms with Crippen molar-refractivity contribution in [3.8, 4) is 0 Å². The predicted molar refractivity (Wildman–Crippen MR) is 104 cm³/mol. The fraction of sp³-hybridized carbons (Fsp3) is 0.105. The summed E-state index contributed by atoms with van der Waals surface area (Å²) >= 11 is 1.28. The lowest BCUT2D eigenvalue weighted by molar-refractivity contribution is -0.388. The Morgan fingerprint density at radius 2 is 1.87 bits per heavy atom. The maximum Gasteiger partial charge on any atom is 0.423 e. The number of rotatable bonds is 6. The molecule has 1 amide bonds. The lowest BCUT2D eigenvalue weighted by Gasteiger charge is -2.12. The van der Waals surface area contributed by atoms with Crippen LogP contribution in [0.15, 0.2) is 66.1 Å². The SMILES string of the molecule is O=C(Nc1ccc([N+](=O)[O-])c(C(F)(F)F)c1)c1cccnc1SCc1ccncc1. The topological polar surface area (TPSA) is 98.0 Å². The summed E-state index contributed by atoms with van der Waals surface area (Å²) in [5, 5.41) is 13.6. The molecule has 0 unspecified atom stereocenters. The van der Waals surface area contributed by atoms with Gasteiger partial charge in [0.25, 0.3) is 11.6 Å². The average Bonchev–Trinajstić information content (AvgIpc) is 2.72. The van der Waals surface area contributed by atoms with E-state index in [4.69, 9.17) is 0 Å². The fourth-order valence-electron chi connectivity index (χ4n) is 2.51. The summed E-state index contributed by atoms with van der Waals surface area (Å²) in [6, 6.07) is 8.94. The van der Waals surface area contributed by atoms with E-state index in [-0.39, 0.29) is 11.3 Å². The summed E-state index contributed by atoms with van der Waals surface area (Å²) < 4.78 is 39.4. The van der Waals surface area contributed by atoms with Crippen molar-refractivity contribution >= 4 is 29.0 Å². The van der Waals surface area contributed by atoms with E-state index in [2.05, 4.69) is 15.3 Å². The Balaban J connectivity index is 1.82. The second-order valence-corrected chi connectivity index (χ2v) is 6.91. The first-order valence-corrected chi connectivity index (χ1v) is 9.38. The van der Waals surface area contributed by atoms with Gasteiger partial charge in [-0.05, 0) is 42.0 Å². The van der Waals surface area contributed by atoms with Crippen molar-refractivity contribution in [2.75, 3.05) is 5.32 Å². The van der Waals surface area contributed by atoms with Crippen molar-refractivity contribution in [1.29, 1.82) is 0 Å². The van der Waals surface area contributed by atoms with Gasteiger partial charge in [-0.2, -0.15) is 13.2 Å². The fourth-order valence-corrected chi connectivity index (χ4v) is 3.46. The van der Waals surface area contributed by atoms with Crippen LogP contribution in [0.2, 0.25) is 0 Å². The third-order valence-corrected chi connectivity index (χ3v) is 4.97. The molecule has 30 heavy (non-hydrogen) atoms. The van der Waals surface area contributed by atoms with Crippen molar-refractivity contribution in [3.05, 3.63) is 87.9 Å². The van der Waals surface area contributed by atoms with Gasteiger partial charge in [-0.15, -0.1) is 11.8 Å². The number of hydrogen-bond acceptors (Lipinski definition) is 6. The monoisotopic (exact) mass is 434 g/mol. The molecule has 2 aromatic heterocycles. The Morgan fingerprint density at radius 3 is 2.53 bits per heavy atom. The van der Waals surface area contributed by atoms with Gasteiger partial charge in [0.2, 0.25) is 0 Å². The molecule has 11 heteroatoms. The lowest BCUT2D eigenvalue weighted by Crippen LogP contribution is -2.15. The van der Waals surface area contributed by atoms with E-state index in [0.717, 1.165) is 11.6 Å². The van der Waals surface area contributed by atoms with E-state index < -0.39 is 28.3 Å². The highest BCUT2D eigenvalue weighted by Crippen LogP contribution is 2.37. The van der Waals surface area contributed by atoms with Crippen LogP contribution in [-0.4, -0.2) is 20.8 Å². The smallest absolute Gasteiger partial charge is 0.322 e. The Kier molecular flexibility index (Phi) is 6.31. The number of nitro groups is 1. The third-order valence-electron chi connectivity index (χ3n) is 3.90. The van der Waals surface area contributed by atoms with E-state index in [1.54, 1.807) is 12.4 Å². The average molecular weight is 434 g/mol. The minimum Gasteiger partial charge on any atom is -0.322 e. The second kappa shape index (κ2) is 8.91. The van der Waals surface area contributed by atoms with Crippen LogP contribution in [-0.2, 0) is 11.9 Å². The summed E-state index contributed by atoms with van der Waals surface area (Å²) in [5.74, 6) is -0.169. The molecular formula is C19H13F3N4O3S. The number of hydrogen-bond donors (Lipinski definition) is 1. The molecule has 2 heterocycles. The summed E-state index contributed by atoms with van der Waals surface area (Å²) in [6.07, 6.45) is -0.175. The molecule has 0 aliphatic rings. The van der Waals surface area contributed by atoms with Gasteiger partial charge in [-0.3, -0.25) is 19.9 Å². The Morgan fingerprint density at radius 1 is 1.13 bits per heavy atom. The first-order chi connectivity index (χ1) is 14.3. The highest BCUT2D eigenvalue weighted by molar-refractivity contribution is 7.98. The standard InChI is InChI=1S/C19H13F3N4O3S/c20-19(21,22)15-10-13(3-4-16(15)26(28)29)25-17(27)14-2-1-7-24-18(14)30-11-12-5-8-23-9-6-12/h1-10H,11H2,(H,25,27). The van der Waals surface area contributed by atoms with E-state index in [9.17, 15) is 28.1 Å². The summed E-state index contributed by atoms with van der Waals surface area (Å²) in [7, 11) is 0. The van der Waals surface area contributed by atoms with Gasteiger partial charge in [-0.1, -0.05) is 0 Å². The third kappa shape index (κ3) is 5.11. The van der Waals surface area contributed by atoms with E-state index >= 15 is 0 Å². The molecule has 154 valence electrons. The summed E-state index contributed by atoms with van der Waals surface area (Å²) in [5.41, 5.74) is -1.62. The highest BCUT2D eigenvalue weighted by atomic mass is 32.2. The van der Waals surface area contributed by atoms with Gasteiger partial charge in [0.05, 0.1) is 10.5 Å². The van der Waals surface area contributed by atoms with E-state index in [1.165, 1.54) is 30.1 Å². The predicted octanol–water partition coefficient (Wildman–Crippen LogP) is 4.95. The first-order valence-electron chi connectivity index (χ1n) is 8.39. The van der Waals surface area contributed by atoms with Crippen LogP contribution in [0.25, 0.3) is 0 Å². The van der Waals surface area contributed by atoms with Crippen molar-refractivity contribution in [1.82, 2.24) is 9.97 Å². The number of nitro benzene ring substituents is 1. The van der Waals surface area contributed by atoms with E-state index in [1.807, 2.05) is 12.1 Å². The number of nitrogens with one attached hydrogen (secondary N) is 1. The number of carbonyl (C=O) groups is 1. The molecule has 0 fully saturated rings. The number of aromatic nitrogens is 2.